The number of benzene rings is 1. The monoisotopic (exact) mass is 256 g/mol. The summed E-state index contributed by atoms with van der Waals surface area (Å²) >= 11 is 0. The van der Waals surface area contributed by atoms with Gasteiger partial charge in [0.15, 0.2) is 0 Å². The first-order chi connectivity index (χ1) is 8.47. The van der Waals surface area contributed by atoms with E-state index in [2.05, 4.69) is 5.32 Å². The number of halogens is 2. The Labute approximate surface area is 103 Å². The van der Waals surface area contributed by atoms with Crippen molar-refractivity contribution in [2.75, 3.05) is 6.61 Å². The first-order valence-electron chi connectivity index (χ1n) is 5.62. The van der Waals surface area contributed by atoms with Crippen LogP contribution in [0.15, 0.2) is 18.2 Å². The van der Waals surface area contributed by atoms with E-state index in [9.17, 15) is 13.6 Å². The highest BCUT2D eigenvalue weighted by molar-refractivity contribution is 5.83. The van der Waals surface area contributed by atoms with Crippen LogP contribution in [0.5, 0.6) is 0 Å². The molecule has 1 atom stereocenters. The van der Waals surface area contributed by atoms with Crippen molar-refractivity contribution in [2.45, 2.75) is 24.4 Å². The third kappa shape index (κ3) is 2.49. The second-order valence-corrected chi connectivity index (χ2v) is 4.52. The van der Waals surface area contributed by atoms with Crippen molar-refractivity contribution >= 4 is 5.91 Å². The zero-order valence-electron chi connectivity index (χ0n) is 9.62. The van der Waals surface area contributed by atoms with Gasteiger partial charge in [-0.3, -0.25) is 4.79 Å². The SMILES string of the molecule is N[C@@H](CO)C(=O)NC1(c2cc(F)cc(F)c2)CC1. The summed E-state index contributed by atoms with van der Waals surface area (Å²) in [5, 5.41) is 11.4. The maximum atomic E-state index is 13.1. The molecule has 1 aromatic rings. The van der Waals surface area contributed by atoms with Gasteiger partial charge in [0.1, 0.15) is 17.7 Å². The number of hydrogen-bond donors (Lipinski definition) is 3. The summed E-state index contributed by atoms with van der Waals surface area (Å²) in [4.78, 5) is 11.6. The van der Waals surface area contributed by atoms with Gasteiger partial charge in [-0.25, -0.2) is 8.78 Å². The van der Waals surface area contributed by atoms with Crippen LogP contribution < -0.4 is 11.1 Å². The lowest BCUT2D eigenvalue weighted by atomic mass is 10.0. The number of amides is 1. The van der Waals surface area contributed by atoms with E-state index in [0.717, 1.165) is 6.07 Å². The van der Waals surface area contributed by atoms with Crippen LogP contribution in [-0.4, -0.2) is 23.7 Å². The van der Waals surface area contributed by atoms with Gasteiger partial charge in [-0.15, -0.1) is 0 Å². The summed E-state index contributed by atoms with van der Waals surface area (Å²) in [6.07, 6.45) is 1.19. The van der Waals surface area contributed by atoms with Gasteiger partial charge in [-0.2, -0.15) is 0 Å². The van der Waals surface area contributed by atoms with Gasteiger partial charge in [0.2, 0.25) is 5.91 Å². The fourth-order valence-corrected chi connectivity index (χ4v) is 1.85. The molecule has 0 radical (unpaired) electrons. The normalized spacial score (nSPS) is 18.2. The molecule has 1 amide bonds. The number of carbonyl (C=O) groups excluding carboxylic acids is 1. The molecule has 0 saturated heterocycles. The molecule has 1 fully saturated rings. The fourth-order valence-electron chi connectivity index (χ4n) is 1.85. The fraction of sp³-hybridized carbons (Fsp3) is 0.417. The summed E-state index contributed by atoms with van der Waals surface area (Å²) in [5.74, 6) is -1.89. The minimum absolute atomic E-state index is 0.387. The zero-order valence-corrected chi connectivity index (χ0v) is 9.62. The largest absolute Gasteiger partial charge is 0.394 e. The highest BCUT2D eigenvalue weighted by atomic mass is 19.1. The van der Waals surface area contributed by atoms with Crippen molar-refractivity contribution in [2.24, 2.45) is 5.73 Å². The molecule has 0 spiro atoms. The highest BCUT2D eigenvalue weighted by Gasteiger charge is 2.46. The third-order valence-electron chi connectivity index (χ3n) is 3.06. The average Bonchev–Trinajstić information content (AvgIpc) is 3.07. The van der Waals surface area contributed by atoms with Crippen LogP contribution in [-0.2, 0) is 10.3 Å². The summed E-state index contributed by atoms with van der Waals surface area (Å²) in [6.45, 7) is -0.473. The molecule has 4 N–H and O–H groups in total. The second-order valence-electron chi connectivity index (χ2n) is 4.52. The standard InChI is InChI=1S/C12H14F2N2O2/c13-8-3-7(4-9(14)5-8)12(1-2-12)16-11(18)10(15)6-17/h3-5,10,17H,1-2,6,15H2,(H,16,18)/t10-/m0/s1. The van der Waals surface area contributed by atoms with Crippen LogP contribution >= 0.6 is 0 Å². The van der Waals surface area contributed by atoms with Gasteiger partial charge in [0, 0.05) is 6.07 Å². The number of carbonyl (C=O) groups is 1. The molecule has 0 heterocycles. The number of aliphatic hydroxyl groups is 1. The number of rotatable bonds is 4. The van der Waals surface area contributed by atoms with E-state index in [1.807, 2.05) is 0 Å². The Bertz CT molecular complexity index is 455. The molecule has 18 heavy (non-hydrogen) atoms. The molecule has 2 rings (SSSR count). The van der Waals surface area contributed by atoms with Gasteiger partial charge < -0.3 is 16.2 Å². The van der Waals surface area contributed by atoms with Crippen LogP contribution in [0.3, 0.4) is 0 Å². The molecule has 0 unspecified atom stereocenters. The smallest absolute Gasteiger partial charge is 0.239 e. The molecular weight excluding hydrogens is 242 g/mol. The Kier molecular flexibility index (Phi) is 3.32. The molecular formula is C12H14F2N2O2. The van der Waals surface area contributed by atoms with Crippen LogP contribution in [0, 0.1) is 11.6 Å². The van der Waals surface area contributed by atoms with Crippen molar-refractivity contribution in [3.05, 3.63) is 35.4 Å². The summed E-state index contributed by atoms with van der Waals surface area (Å²) in [5.41, 5.74) is 5.02. The summed E-state index contributed by atoms with van der Waals surface area (Å²) in [7, 11) is 0. The quantitative estimate of drug-likeness (QED) is 0.729. The third-order valence-corrected chi connectivity index (χ3v) is 3.06. The lowest BCUT2D eigenvalue weighted by Gasteiger charge is -2.20. The summed E-state index contributed by atoms with van der Waals surface area (Å²) in [6, 6.07) is 2.14. The number of aliphatic hydroxyl groups excluding tert-OH is 1. The van der Waals surface area contributed by atoms with E-state index >= 15 is 0 Å². The molecule has 1 saturated carbocycles. The van der Waals surface area contributed by atoms with Crippen molar-refractivity contribution in [1.82, 2.24) is 5.32 Å². The number of nitrogens with one attached hydrogen (secondary N) is 1. The predicted octanol–water partition coefficient (Wildman–Crippen LogP) is 0.390. The van der Waals surface area contributed by atoms with Crippen molar-refractivity contribution < 1.29 is 18.7 Å². The van der Waals surface area contributed by atoms with Crippen LogP contribution in [0.1, 0.15) is 18.4 Å². The van der Waals surface area contributed by atoms with E-state index in [1.54, 1.807) is 0 Å². The number of hydrogen-bond acceptors (Lipinski definition) is 3. The predicted molar refractivity (Wildman–Crippen MR) is 60.5 cm³/mol. The van der Waals surface area contributed by atoms with E-state index < -0.39 is 35.7 Å². The second kappa shape index (κ2) is 4.62. The Morgan fingerprint density at radius 1 is 1.39 bits per heavy atom. The van der Waals surface area contributed by atoms with Gasteiger partial charge in [0.05, 0.1) is 12.1 Å². The minimum atomic E-state index is -1.03. The first kappa shape index (κ1) is 12.9. The van der Waals surface area contributed by atoms with Crippen LogP contribution in [0.25, 0.3) is 0 Å². The lowest BCUT2D eigenvalue weighted by Crippen LogP contribution is -2.47. The molecule has 0 bridgehead atoms. The molecule has 98 valence electrons. The molecule has 1 aliphatic carbocycles. The van der Waals surface area contributed by atoms with E-state index in [1.165, 1.54) is 12.1 Å². The Hall–Kier alpha value is -1.53. The molecule has 0 aliphatic heterocycles. The first-order valence-corrected chi connectivity index (χ1v) is 5.62. The molecule has 6 heteroatoms. The maximum Gasteiger partial charge on any atom is 0.239 e. The van der Waals surface area contributed by atoms with Crippen LogP contribution in [0.2, 0.25) is 0 Å². The van der Waals surface area contributed by atoms with E-state index in [0.29, 0.717) is 18.4 Å². The number of nitrogens with two attached hydrogens (primary N) is 1. The van der Waals surface area contributed by atoms with Gasteiger partial charge in [0.25, 0.3) is 0 Å². The zero-order chi connectivity index (χ0) is 13.3. The summed E-state index contributed by atoms with van der Waals surface area (Å²) < 4.78 is 26.3. The maximum absolute atomic E-state index is 13.1. The van der Waals surface area contributed by atoms with E-state index in [-0.39, 0.29) is 0 Å². The van der Waals surface area contributed by atoms with Crippen molar-refractivity contribution in [1.29, 1.82) is 0 Å². The van der Waals surface area contributed by atoms with Crippen molar-refractivity contribution in [3.8, 4) is 0 Å². The van der Waals surface area contributed by atoms with Gasteiger partial charge >= 0.3 is 0 Å². The highest BCUT2D eigenvalue weighted by Crippen LogP contribution is 2.45. The lowest BCUT2D eigenvalue weighted by molar-refractivity contribution is -0.124. The van der Waals surface area contributed by atoms with Gasteiger partial charge in [-0.05, 0) is 30.5 Å². The molecule has 1 aromatic carbocycles. The minimum Gasteiger partial charge on any atom is -0.394 e. The Balaban J connectivity index is 2.19. The van der Waals surface area contributed by atoms with Gasteiger partial charge in [-0.1, -0.05) is 0 Å². The molecule has 0 aromatic heterocycles. The Morgan fingerprint density at radius 3 is 2.39 bits per heavy atom. The topological polar surface area (TPSA) is 75.3 Å². The molecule has 1 aliphatic rings. The van der Waals surface area contributed by atoms with Crippen molar-refractivity contribution in [3.63, 3.8) is 0 Å². The van der Waals surface area contributed by atoms with Crippen LogP contribution in [0.4, 0.5) is 8.78 Å². The van der Waals surface area contributed by atoms with E-state index in [4.69, 9.17) is 10.8 Å². The Morgan fingerprint density at radius 2 is 1.94 bits per heavy atom. The molecule has 4 nitrogen and oxygen atoms in total. The average molecular weight is 256 g/mol.